The average molecular weight is 372 g/mol. The Morgan fingerprint density at radius 2 is 2.11 bits per heavy atom. The molecular formula is C14H17IN2O2. The molecular weight excluding hydrogens is 355 g/mol. The van der Waals surface area contributed by atoms with E-state index in [0.717, 1.165) is 20.0 Å². The highest BCUT2D eigenvalue weighted by molar-refractivity contribution is 14.1. The summed E-state index contributed by atoms with van der Waals surface area (Å²) in [5.74, 6) is -1.01. The molecule has 4 nitrogen and oxygen atoms in total. The number of benzene rings is 1. The van der Waals surface area contributed by atoms with E-state index in [0.29, 0.717) is 10.9 Å². The number of rotatable bonds is 4. The van der Waals surface area contributed by atoms with Crippen LogP contribution >= 0.6 is 22.6 Å². The van der Waals surface area contributed by atoms with Crippen LogP contribution in [-0.2, 0) is 11.2 Å². The summed E-state index contributed by atoms with van der Waals surface area (Å²) < 4.78 is 1.48. The van der Waals surface area contributed by atoms with Crippen LogP contribution in [0.2, 0.25) is 0 Å². The number of nitrogens with zero attached hydrogens (tertiary/aromatic N) is 1. The summed E-state index contributed by atoms with van der Waals surface area (Å²) >= 11 is 2.27. The summed E-state index contributed by atoms with van der Waals surface area (Å²) in [5.41, 5.74) is 2.09. The molecule has 0 amide bonds. The maximum absolute atomic E-state index is 11.3. The Labute approximate surface area is 126 Å². The van der Waals surface area contributed by atoms with Crippen LogP contribution in [0.3, 0.4) is 0 Å². The van der Waals surface area contributed by atoms with Gasteiger partial charge in [0, 0.05) is 21.6 Å². The fraction of sp³-hybridized carbons (Fsp3) is 0.357. The molecule has 0 saturated heterocycles. The van der Waals surface area contributed by atoms with Gasteiger partial charge in [-0.2, -0.15) is 0 Å². The van der Waals surface area contributed by atoms with Crippen LogP contribution in [0.1, 0.15) is 5.56 Å². The van der Waals surface area contributed by atoms with E-state index in [9.17, 15) is 9.90 Å². The maximum Gasteiger partial charge on any atom is 0.133 e. The molecule has 0 fully saturated rings. The number of aliphatic carboxylic acids is 1. The first-order chi connectivity index (χ1) is 8.80. The number of fused-ring (bicyclic) bond motifs is 1. The van der Waals surface area contributed by atoms with Crippen LogP contribution in [0.25, 0.3) is 10.9 Å². The van der Waals surface area contributed by atoms with Gasteiger partial charge in [0.05, 0.1) is 32.6 Å². The third-order valence-electron chi connectivity index (χ3n) is 3.37. The number of aromatic amines is 1. The van der Waals surface area contributed by atoms with Crippen LogP contribution in [0.15, 0.2) is 24.4 Å². The van der Waals surface area contributed by atoms with Gasteiger partial charge in [-0.25, -0.2) is 0 Å². The monoisotopic (exact) mass is 372 g/mol. The van der Waals surface area contributed by atoms with Gasteiger partial charge in [-0.3, -0.25) is 0 Å². The third kappa shape index (κ3) is 2.92. The maximum atomic E-state index is 11.3. The van der Waals surface area contributed by atoms with E-state index >= 15 is 0 Å². The highest BCUT2D eigenvalue weighted by Crippen LogP contribution is 2.25. The minimum absolute atomic E-state index is 0.346. The minimum atomic E-state index is -1.01. The van der Waals surface area contributed by atoms with Crippen LogP contribution < -0.4 is 5.11 Å². The van der Waals surface area contributed by atoms with Crippen molar-refractivity contribution in [3.63, 3.8) is 0 Å². The first-order valence-corrected chi connectivity index (χ1v) is 7.15. The lowest BCUT2D eigenvalue weighted by Crippen LogP contribution is -2.55. The molecule has 5 heteroatoms. The van der Waals surface area contributed by atoms with Crippen molar-refractivity contribution in [3.05, 3.63) is 33.5 Å². The van der Waals surface area contributed by atoms with Gasteiger partial charge < -0.3 is 19.4 Å². The summed E-state index contributed by atoms with van der Waals surface area (Å²) in [6.07, 6.45) is 2.37. The van der Waals surface area contributed by atoms with Crippen molar-refractivity contribution in [2.45, 2.75) is 12.5 Å². The predicted octanol–water partition coefficient (Wildman–Crippen LogP) is 1.14. The topological polar surface area (TPSA) is 55.9 Å². The van der Waals surface area contributed by atoms with E-state index in [1.807, 2.05) is 45.5 Å². The molecule has 0 unspecified atom stereocenters. The van der Waals surface area contributed by atoms with Gasteiger partial charge in [0.15, 0.2) is 0 Å². The number of likely N-dealkylation sites (N-methyl/N-ethyl adjacent to an activating group) is 1. The Morgan fingerprint density at radius 3 is 2.68 bits per heavy atom. The zero-order chi connectivity index (χ0) is 14.2. The molecule has 1 heterocycles. The molecule has 2 rings (SSSR count). The number of carboxylic acids is 1. The third-order valence-corrected chi connectivity index (χ3v) is 4.27. The Morgan fingerprint density at radius 1 is 1.42 bits per heavy atom. The molecule has 1 N–H and O–H groups in total. The molecule has 19 heavy (non-hydrogen) atoms. The quantitative estimate of drug-likeness (QED) is 0.647. The first-order valence-electron chi connectivity index (χ1n) is 6.07. The van der Waals surface area contributed by atoms with Gasteiger partial charge in [0.2, 0.25) is 0 Å². The number of carboxylic acid groups (broad SMARTS) is 1. The fourth-order valence-corrected chi connectivity index (χ4v) is 2.88. The average Bonchev–Trinajstić information content (AvgIpc) is 2.68. The largest absolute Gasteiger partial charge is 0.544 e. The molecule has 1 aromatic carbocycles. The van der Waals surface area contributed by atoms with E-state index in [1.54, 1.807) is 0 Å². The summed E-state index contributed by atoms with van der Waals surface area (Å²) in [5, 5.41) is 12.4. The van der Waals surface area contributed by atoms with Gasteiger partial charge in [0.1, 0.15) is 6.04 Å². The molecule has 0 bridgehead atoms. The second-order valence-corrected chi connectivity index (χ2v) is 6.79. The number of halogens is 1. The highest BCUT2D eigenvalue weighted by atomic mass is 127. The summed E-state index contributed by atoms with van der Waals surface area (Å²) in [7, 11) is 5.62. The minimum Gasteiger partial charge on any atom is -0.544 e. The predicted molar refractivity (Wildman–Crippen MR) is 81.5 cm³/mol. The molecule has 0 aliphatic rings. The Balaban J connectivity index is 2.40. The fourth-order valence-electron chi connectivity index (χ4n) is 2.23. The zero-order valence-corrected chi connectivity index (χ0v) is 13.4. The van der Waals surface area contributed by atoms with Crippen LogP contribution in [0.4, 0.5) is 0 Å². The molecule has 1 aromatic heterocycles. The molecule has 102 valence electrons. The number of H-pyrrole nitrogens is 1. The number of hydrogen-bond donors (Lipinski definition) is 1. The number of quaternary nitrogens is 1. The highest BCUT2D eigenvalue weighted by Gasteiger charge is 2.26. The van der Waals surface area contributed by atoms with E-state index in [2.05, 4.69) is 27.6 Å². The molecule has 0 radical (unpaired) electrons. The number of aromatic nitrogens is 1. The lowest BCUT2D eigenvalue weighted by atomic mass is 10.0. The van der Waals surface area contributed by atoms with Crippen LogP contribution in [-0.4, -0.2) is 42.6 Å². The van der Waals surface area contributed by atoms with Gasteiger partial charge in [-0.15, -0.1) is 0 Å². The number of nitrogens with one attached hydrogen (secondary N) is 1. The SMILES string of the molecule is C[N+](C)(C)[C@@H](Cc1c[nH]c2c(I)cccc12)C(=O)[O-]. The number of para-hydroxylation sites is 1. The van der Waals surface area contributed by atoms with Crippen molar-refractivity contribution in [1.82, 2.24) is 4.98 Å². The standard InChI is InChI=1S/C14H17IN2O2/c1-17(2,3)12(14(18)19)7-9-8-16-13-10(9)5-4-6-11(13)15/h4-6,8,12,16H,7H2,1-3H3/t12-/m0/s1. The molecule has 0 spiro atoms. The normalized spacial score (nSPS) is 13.7. The number of carbonyl (C=O) groups excluding carboxylic acids is 1. The van der Waals surface area contributed by atoms with Crippen molar-refractivity contribution in [1.29, 1.82) is 0 Å². The van der Waals surface area contributed by atoms with Gasteiger partial charge in [0.25, 0.3) is 0 Å². The lowest BCUT2D eigenvalue weighted by Gasteiger charge is -2.34. The summed E-state index contributed by atoms with van der Waals surface area (Å²) in [6, 6.07) is 5.48. The Bertz CT molecular complexity index is 613. The number of carbonyl (C=O) groups is 1. The smallest absolute Gasteiger partial charge is 0.133 e. The first kappa shape index (κ1) is 14.3. The van der Waals surface area contributed by atoms with Crippen molar-refractivity contribution < 1.29 is 14.4 Å². The molecule has 0 aliphatic heterocycles. The lowest BCUT2D eigenvalue weighted by molar-refractivity contribution is -0.889. The molecule has 1 atom stereocenters. The van der Waals surface area contributed by atoms with Gasteiger partial charge in [-0.1, -0.05) is 12.1 Å². The van der Waals surface area contributed by atoms with Crippen molar-refractivity contribution in [3.8, 4) is 0 Å². The second kappa shape index (κ2) is 5.13. The Hall–Kier alpha value is -1.08. The van der Waals surface area contributed by atoms with Gasteiger partial charge in [-0.05, 0) is 34.2 Å². The van der Waals surface area contributed by atoms with Gasteiger partial charge >= 0.3 is 0 Å². The van der Waals surface area contributed by atoms with Crippen molar-refractivity contribution >= 4 is 39.5 Å². The van der Waals surface area contributed by atoms with Crippen molar-refractivity contribution in [2.75, 3.05) is 21.1 Å². The van der Waals surface area contributed by atoms with E-state index in [-0.39, 0.29) is 0 Å². The Kier molecular flexibility index (Phi) is 3.87. The van der Waals surface area contributed by atoms with Crippen LogP contribution in [0, 0.1) is 3.57 Å². The molecule has 0 aliphatic carbocycles. The summed E-state index contributed by atoms with van der Waals surface area (Å²) in [4.78, 5) is 14.6. The van der Waals surface area contributed by atoms with E-state index < -0.39 is 12.0 Å². The second-order valence-electron chi connectivity index (χ2n) is 5.63. The van der Waals surface area contributed by atoms with E-state index in [4.69, 9.17) is 0 Å². The molecule has 2 aromatic rings. The van der Waals surface area contributed by atoms with E-state index in [1.165, 1.54) is 0 Å². The van der Waals surface area contributed by atoms with Crippen LogP contribution in [0.5, 0.6) is 0 Å². The zero-order valence-electron chi connectivity index (χ0n) is 11.2. The number of hydrogen-bond acceptors (Lipinski definition) is 2. The molecule has 0 saturated carbocycles. The van der Waals surface area contributed by atoms with Crippen molar-refractivity contribution in [2.24, 2.45) is 0 Å². The summed E-state index contributed by atoms with van der Waals surface area (Å²) in [6.45, 7) is 0.